The van der Waals surface area contributed by atoms with Gasteiger partial charge in [0.15, 0.2) is 0 Å². The lowest BCUT2D eigenvalue weighted by Crippen LogP contribution is -2.49. The van der Waals surface area contributed by atoms with Crippen molar-refractivity contribution < 1.29 is 14.4 Å². The summed E-state index contributed by atoms with van der Waals surface area (Å²) in [4.78, 5) is 43.3. The van der Waals surface area contributed by atoms with E-state index in [1.807, 2.05) is 29.2 Å². The number of hydrogen-bond donors (Lipinski definition) is 0. The number of nitrogens with zero attached hydrogens (tertiary/aromatic N) is 3. The molecule has 4 rings (SSSR count). The van der Waals surface area contributed by atoms with Gasteiger partial charge in [-0.2, -0.15) is 0 Å². The number of imide groups is 1. The molecule has 0 bridgehead atoms. The Morgan fingerprint density at radius 2 is 1.55 bits per heavy atom. The first-order valence-electron chi connectivity index (χ1n) is 10.1. The molecule has 0 aliphatic carbocycles. The summed E-state index contributed by atoms with van der Waals surface area (Å²) < 4.78 is 0. The Balaban J connectivity index is 1.42. The van der Waals surface area contributed by atoms with E-state index in [2.05, 4.69) is 18.7 Å². The fourth-order valence-electron chi connectivity index (χ4n) is 4.32. The molecule has 2 aliphatic rings. The Morgan fingerprint density at radius 1 is 0.966 bits per heavy atom. The summed E-state index contributed by atoms with van der Waals surface area (Å²) in [6, 6.07) is 15.1. The van der Waals surface area contributed by atoms with Gasteiger partial charge in [0.05, 0.1) is 22.5 Å². The van der Waals surface area contributed by atoms with Crippen molar-refractivity contribution in [1.82, 2.24) is 4.90 Å². The number of carbonyl (C=O) groups is 3. The number of para-hydroxylation sites is 2. The lowest BCUT2D eigenvalue weighted by atomic mass is 10.1. The first kappa shape index (κ1) is 19.2. The topological polar surface area (TPSA) is 60.9 Å². The molecule has 2 aromatic rings. The molecule has 0 radical (unpaired) electrons. The van der Waals surface area contributed by atoms with Crippen molar-refractivity contribution >= 4 is 29.1 Å². The highest BCUT2D eigenvalue weighted by Gasteiger charge is 2.35. The van der Waals surface area contributed by atoms with E-state index < -0.39 is 0 Å². The largest absolute Gasteiger partial charge is 0.366 e. The fourth-order valence-corrected chi connectivity index (χ4v) is 4.32. The van der Waals surface area contributed by atoms with Gasteiger partial charge in [0, 0.05) is 32.1 Å². The van der Waals surface area contributed by atoms with Gasteiger partial charge in [-0.15, -0.1) is 0 Å². The molecule has 3 amide bonds. The van der Waals surface area contributed by atoms with E-state index in [-0.39, 0.29) is 30.3 Å². The van der Waals surface area contributed by atoms with Crippen molar-refractivity contribution in [2.45, 2.75) is 32.7 Å². The Morgan fingerprint density at radius 3 is 2.17 bits per heavy atom. The van der Waals surface area contributed by atoms with Gasteiger partial charge < -0.3 is 9.80 Å². The lowest BCUT2D eigenvalue weighted by molar-refractivity contribution is -0.118. The van der Waals surface area contributed by atoms with Crippen LogP contribution in [-0.2, 0) is 4.79 Å². The second kappa shape index (κ2) is 7.70. The predicted octanol–water partition coefficient (Wildman–Crippen LogP) is 3.32. The second-order valence-corrected chi connectivity index (χ2v) is 7.54. The zero-order chi connectivity index (χ0) is 20.5. The van der Waals surface area contributed by atoms with Crippen LogP contribution in [0.25, 0.3) is 0 Å². The summed E-state index contributed by atoms with van der Waals surface area (Å²) >= 11 is 0. The number of benzene rings is 2. The molecule has 0 fully saturated rings. The van der Waals surface area contributed by atoms with Gasteiger partial charge in [-0.1, -0.05) is 24.3 Å². The maximum atomic E-state index is 13.0. The third-order valence-electron chi connectivity index (χ3n) is 5.75. The maximum Gasteiger partial charge on any atom is 0.261 e. The van der Waals surface area contributed by atoms with E-state index in [0.717, 1.165) is 17.9 Å². The maximum absolute atomic E-state index is 13.0. The van der Waals surface area contributed by atoms with E-state index in [1.165, 1.54) is 4.90 Å². The molecule has 0 N–H and O–H groups in total. The zero-order valence-corrected chi connectivity index (χ0v) is 16.8. The first-order valence-corrected chi connectivity index (χ1v) is 10.1. The number of hydrogen-bond acceptors (Lipinski definition) is 4. The van der Waals surface area contributed by atoms with Crippen LogP contribution in [0.2, 0.25) is 0 Å². The highest BCUT2D eigenvalue weighted by molar-refractivity contribution is 6.21. The molecule has 2 heterocycles. The summed E-state index contributed by atoms with van der Waals surface area (Å²) in [5, 5.41) is 0. The minimum Gasteiger partial charge on any atom is -0.366 e. The van der Waals surface area contributed by atoms with Gasteiger partial charge in [-0.05, 0) is 44.5 Å². The summed E-state index contributed by atoms with van der Waals surface area (Å²) in [6.45, 7) is 6.02. The van der Waals surface area contributed by atoms with Crippen LogP contribution in [-0.4, -0.2) is 48.3 Å². The average Bonchev–Trinajstić information content (AvgIpc) is 2.98. The molecule has 6 heteroatoms. The van der Waals surface area contributed by atoms with Crippen LogP contribution in [0.5, 0.6) is 0 Å². The van der Waals surface area contributed by atoms with Gasteiger partial charge in [-0.25, -0.2) is 0 Å². The Labute approximate surface area is 170 Å². The van der Waals surface area contributed by atoms with Crippen LogP contribution in [0, 0.1) is 0 Å². The number of fused-ring (bicyclic) bond motifs is 2. The van der Waals surface area contributed by atoms with Crippen molar-refractivity contribution in [3.05, 3.63) is 59.7 Å². The van der Waals surface area contributed by atoms with Gasteiger partial charge in [0.1, 0.15) is 0 Å². The van der Waals surface area contributed by atoms with Gasteiger partial charge >= 0.3 is 0 Å². The summed E-state index contributed by atoms with van der Waals surface area (Å²) in [5.41, 5.74) is 2.89. The van der Waals surface area contributed by atoms with Crippen molar-refractivity contribution in [1.29, 1.82) is 0 Å². The second-order valence-electron chi connectivity index (χ2n) is 7.54. The van der Waals surface area contributed by atoms with E-state index in [4.69, 9.17) is 0 Å². The number of carbonyl (C=O) groups excluding carboxylic acids is 3. The average molecular weight is 391 g/mol. The van der Waals surface area contributed by atoms with Crippen LogP contribution in [0.3, 0.4) is 0 Å². The molecule has 1 atom stereocenters. The number of rotatable bonds is 5. The third kappa shape index (κ3) is 3.28. The van der Waals surface area contributed by atoms with Crippen LogP contribution < -0.4 is 9.80 Å². The molecule has 2 aromatic carbocycles. The normalized spacial score (nSPS) is 18.1. The zero-order valence-electron chi connectivity index (χ0n) is 16.8. The predicted molar refractivity (Wildman–Crippen MR) is 112 cm³/mol. The van der Waals surface area contributed by atoms with Crippen molar-refractivity contribution in [2.24, 2.45) is 0 Å². The van der Waals surface area contributed by atoms with E-state index in [1.54, 1.807) is 24.3 Å². The van der Waals surface area contributed by atoms with E-state index in [0.29, 0.717) is 30.5 Å². The first-order chi connectivity index (χ1) is 14.0. The van der Waals surface area contributed by atoms with Gasteiger partial charge in [0.2, 0.25) is 5.91 Å². The van der Waals surface area contributed by atoms with Crippen LogP contribution in [0.15, 0.2) is 48.5 Å². The Hall–Kier alpha value is -3.15. The summed E-state index contributed by atoms with van der Waals surface area (Å²) in [7, 11) is 0. The van der Waals surface area contributed by atoms with Crippen LogP contribution >= 0.6 is 0 Å². The number of amides is 3. The molecule has 1 unspecified atom stereocenters. The SMILES string of the molecule is CCN1c2ccccc2N(C(=O)CCCN2C(=O)c3ccccc3C2=O)CC1C. The standard InChI is InChI=1S/C23H25N3O3/c1-3-24-16(2)15-26(20-12-7-6-11-19(20)24)21(27)13-8-14-25-22(28)17-9-4-5-10-18(17)23(25)29/h4-7,9-12,16H,3,8,13-15H2,1-2H3. The molecule has 0 saturated heterocycles. The van der Waals surface area contributed by atoms with Crippen LogP contribution in [0.4, 0.5) is 11.4 Å². The Kier molecular flexibility index (Phi) is 5.09. The van der Waals surface area contributed by atoms with Crippen molar-refractivity contribution in [3.63, 3.8) is 0 Å². The van der Waals surface area contributed by atoms with Gasteiger partial charge in [-0.3, -0.25) is 19.3 Å². The third-order valence-corrected chi connectivity index (χ3v) is 5.75. The number of anilines is 2. The molecule has 29 heavy (non-hydrogen) atoms. The van der Waals surface area contributed by atoms with Crippen molar-refractivity contribution in [3.8, 4) is 0 Å². The molecule has 0 saturated carbocycles. The van der Waals surface area contributed by atoms with E-state index >= 15 is 0 Å². The molecule has 2 aliphatic heterocycles. The van der Waals surface area contributed by atoms with E-state index in [9.17, 15) is 14.4 Å². The molecular formula is C23H25N3O3. The highest BCUT2D eigenvalue weighted by Crippen LogP contribution is 2.35. The van der Waals surface area contributed by atoms with Crippen molar-refractivity contribution in [2.75, 3.05) is 29.4 Å². The Bertz CT molecular complexity index is 936. The molecular weight excluding hydrogens is 366 g/mol. The lowest BCUT2D eigenvalue weighted by Gasteiger charge is -2.42. The summed E-state index contributed by atoms with van der Waals surface area (Å²) in [5.74, 6) is -0.515. The summed E-state index contributed by atoms with van der Waals surface area (Å²) in [6.07, 6.45) is 0.745. The molecule has 150 valence electrons. The van der Waals surface area contributed by atoms with Gasteiger partial charge in [0.25, 0.3) is 11.8 Å². The highest BCUT2D eigenvalue weighted by atomic mass is 16.2. The quantitative estimate of drug-likeness (QED) is 0.734. The smallest absolute Gasteiger partial charge is 0.261 e. The minimum atomic E-state index is -0.270. The molecule has 0 aromatic heterocycles. The molecule has 0 spiro atoms. The number of likely N-dealkylation sites (N-methyl/N-ethyl adjacent to an activating group) is 1. The fraction of sp³-hybridized carbons (Fsp3) is 0.348. The monoisotopic (exact) mass is 391 g/mol. The molecule has 6 nitrogen and oxygen atoms in total. The minimum absolute atomic E-state index is 0.0247. The van der Waals surface area contributed by atoms with Crippen LogP contribution in [0.1, 0.15) is 47.4 Å².